The molecule has 0 spiro atoms. The summed E-state index contributed by atoms with van der Waals surface area (Å²) in [4.78, 5) is -0.0473. The zero-order valence-corrected chi connectivity index (χ0v) is 12.2. The third-order valence-corrected chi connectivity index (χ3v) is 4.12. The van der Waals surface area contributed by atoms with Crippen molar-refractivity contribution in [2.24, 2.45) is 0 Å². The lowest BCUT2D eigenvalue weighted by molar-refractivity contribution is 0.139. The number of halogens is 1. The van der Waals surface area contributed by atoms with Crippen LogP contribution >= 0.6 is 11.6 Å². The number of aliphatic hydroxyl groups is 1. The average Bonchev–Trinajstić information content (AvgIpc) is 2.37. The van der Waals surface area contributed by atoms with E-state index in [1.807, 2.05) is 0 Å². The number of benzene rings is 1. The third-order valence-electron chi connectivity index (χ3n) is 2.33. The monoisotopic (exact) mass is 309 g/mol. The number of ether oxygens (including phenoxy) is 2. The number of methoxy groups -OCH3 is 2. The van der Waals surface area contributed by atoms with Gasteiger partial charge in [0, 0.05) is 18.2 Å². The van der Waals surface area contributed by atoms with Crippen molar-refractivity contribution in [3.63, 3.8) is 0 Å². The van der Waals surface area contributed by atoms with Crippen LogP contribution in [0.5, 0.6) is 5.75 Å². The molecule has 1 unspecified atom stereocenters. The van der Waals surface area contributed by atoms with E-state index in [0.717, 1.165) is 0 Å². The maximum atomic E-state index is 12.2. The van der Waals surface area contributed by atoms with Gasteiger partial charge in [-0.15, -0.1) is 0 Å². The van der Waals surface area contributed by atoms with E-state index in [2.05, 4.69) is 4.72 Å². The summed E-state index contributed by atoms with van der Waals surface area (Å²) in [7, 11) is -1.06. The van der Waals surface area contributed by atoms with Gasteiger partial charge in [-0.25, -0.2) is 13.1 Å². The summed E-state index contributed by atoms with van der Waals surface area (Å²) in [5, 5.41) is 9.45. The second-order valence-electron chi connectivity index (χ2n) is 3.75. The van der Waals surface area contributed by atoms with Gasteiger partial charge in [-0.05, 0) is 12.1 Å². The molecule has 0 saturated heterocycles. The van der Waals surface area contributed by atoms with Crippen molar-refractivity contribution in [1.29, 1.82) is 0 Å². The van der Waals surface area contributed by atoms with E-state index in [-0.39, 0.29) is 23.9 Å². The molecule has 1 rings (SSSR count). The summed E-state index contributed by atoms with van der Waals surface area (Å²) in [5.41, 5.74) is 0. The van der Waals surface area contributed by atoms with Crippen LogP contribution in [0, 0.1) is 0 Å². The minimum absolute atomic E-state index is 0.0473. The fourth-order valence-electron chi connectivity index (χ4n) is 1.47. The predicted molar refractivity (Wildman–Crippen MR) is 71.1 cm³/mol. The normalized spacial score (nSPS) is 13.3. The van der Waals surface area contributed by atoms with Crippen LogP contribution in [0.25, 0.3) is 0 Å². The van der Waals surface area contributed by atoms with Crippen molar-refractivity contribution < 1.29 is 23.0 Å². The van der Waals surface area contributed by atoms with Gasteiger partial charge in [0.05, 0.1) is 26.4 Å². The van der Waals surface area contributed by atoms with Gasteiger partial charge >= 0.3 is 0 Å². The topological polar surface area (TPSA) is 84.9 Å². The van der Waals surface area contributed by atoms with E-state index in [1.54, 1.807) is 0 Å². The summed E-state index contributed by atoms with van der Waals surface area (Å²) in [6, 6.07) is 3.46. The zero-order valence-electron chi connectivity index (χ0n) is 10.6. The Morgan fingerprint density at radius 1 is 1.42 bits per heavy atom. The lowest BCUT2D eigenvalue weighted by Crippen LogP contribution is -2.40. The molecular formula is C11H16ClNO5S. The fraction of sp³-hybridized carbons (Fsp3) is 0.455. The summed E-state index contributed by atoms with van der Waals surface area (Å²) >= 11 is 5.77. The molecule has 0 heterocycles. The van der Waals surface area contributed by atoms with E-state index in [4.69, 9.17) is 26.2 Å². The minimum Gasteiger partial charge on any atom is -0.495 e. The van der Waals surface area contributed by atoms with Crippen LogP contribution in [0.3, 0.4) is 0 Å². The third kappa shape index (κ3) is 4.32. The van der Waals surface area contributed by atoms with Gasteiger partial charge in [-0.1, -0.05) is 11.6 Å². The van der Waals surface area contributed by atoms with E-state index >= 15 is 0 Å². The van der Waals surface area contributed by atoms with Crippen LogP contribution in [-0.4, -0.2) is 47.0 Å². The van der Waals surface area contributed by atoms with Crippen LogP contribution in [-0.2, 0) is 14.8 Å². The standard InChI is InChI=1S/C11H16ClNO5S/c1-17-7-9(6-14)13-19(15,16)11-4-3-8(12)5-10(11)18-2/h3-5,9,13-14H,6-7H2,1-2H3. The Labute approximate surface area is 117 Å². The Morgan fingerprint density at radius 3 is 2.63 bits per heavy atom. The second kappa shape index (κ2) is 7.06. The molecule has 19 heavy (non-hydrogen) atoms. The van der Waals surface area contributed by atoms with Gasteiger partial charge in [0.15, 0.2) is 0 Å². The molecule has 0 saturated carbocycles. The molecule has 0 fully saturated rings. The molecule has 0 amide bonds. The Balaban J connectivity index is 3.06. The van der Waals surface area contributed by atoms with Crippen LogP contribution in [0.1, 0.15) is 0 Å². The molecule has 1 atom stereocenters. The molecule has 108 valence electrons. The first-order valence-corrected chi connectivity index (χ1v) is 7.26. The highest BCUT2D eigenvalue weighted by Gasteiger charge is 2.23. The van der Waals surface area contributed by atoms with E-state index in [9.17, 15) is 8.42 Å². The zero-order chi connectivity index (χ0) is 14.5. The number of nitrogens with one attached hydrogen (secondary N) is 1. The highest BCUT2D eigenvalue weighted by atomic mass is 35.5. The molecule has 0 aliphatic carbocycles. The van der Waals surface area contributed by atoms with E-state index in [1.165, 1.54) is 32.4 Å². The molecular weight excluding hydrogens is 294 g/mol. The molecule has 0 aliphatic rings. The van der Waals surface area contributed by atoms with Gasteiger partial charge in [0.25, 0.3) is 0 Å². The van der Waals surface area contributed by atoms with Crippen LogP contribution < -0.4 is 9.46 Å². The van der Waals surface area contributed by atoms with Crippen molar-refractivity contribution in [3.8, 4) is 5.75 Å². The SMILES string of the molecule is COCC(CO)NS(=O)(=O)c1ccc(Cl)cc1OC. The first-order chi connectivity index (χ1) is 8.94. The van der Waals surface area contributed by atoms with Gasteiger partial charge in [0.1, 0.15) is 10.6 Å². The number of aliphatic hydroxyl groups excluding tert-OH is 1. The Kier molecular flexibility index (Phi) is 6.02. The van der Waals surface area contributed by atoms with Crippen molar-refractivity contribution >= 4 is 21.6 Å². The lowest BCUT2D eigenvalue weighted by atomic mass is 10.3. The molecule has 1 aromatic rings. The van der Waals surface area contributed by atoms with Crippen LogP contribution in [0.4, 0.5) is 0 Å². The number of sulfonamides is 1. The summed E-state index contributed by atoms with van der Waals surface area (Å²) in [5.74, 6) is 0.133. The van der Waals surface area contributed by atoms with Crippen molar-refractivity contribution in [1.82, 2.24) is 4.72 Å². The van der Waals surface area contributed by atoms with Crippen LogP contribution in [0.2, 0.25) is 5.02 Å². The first kappa shape index (κ1) is 16.2. The van der Waals surface area contributed by atoms with Crippen LogP contribution in [0.15, 0.2) is 23.1 Å². The maximum Gasteiger partial charge on any atom is 0.244 e. The molecule has 1 aromatic carbocycles. The average molecular weight is 310 g/mol. The maximum absolute atomic E-state index is 12.2. The van der Waals surface area contributed by atoms with Gasteiger partial charge < -0.3 is 14.6 Å². The van der Waals surface area contributed by atoms with E-state index in [0.29, 0.717) is 5.02 Å². The molecule has 0 bridgehead atoms. The van der Waals surface area contributed by atoms with Crippen molar-refractivity contribution in [2.75, 3.05) is 27.4 Å². The largest absolute Gasteiger partial charge is 0.495 e. The van der Waals surface area contributed by atoms with Gasteiger partial charge in [-0.3, -0.25) is 0 Å². The Hall–Kier alpha value is -0.860. The summed E-state index contributed by atoms with van der Waals surface area (Å²) in [6.45, 7) is -0.311. The molecule has 6 nitrogen and oxygen atoms in total. The quantitative estimate of drug-likeness (QED) is 0.772. The first-order valence-electron chi connectivity index (χ1n) is 5.40. The van der Waals surface area contributed by atoms with Crippen molar-refractivity contribution in [2.45, 2.75) is 10.9 Å². The van der Waals surface area contributed by atoms with Crippen molar-refractivity contribution in [3.05, 3.63) is 23.2 Å². The highest BCUT2D eigenvalue weighted by Crippen LogP contribution is 2.27. The molecule has 0 aromatic heterocycles. The lowest BCUT2D eigenvalue weighted by Gasteiger charge is -2.17. The summed E-state index contributed by atoms with van der Waals surface area (Å²) < 4.78 is 36.5. The van der Waals surface area contributed by atoms with E-state index < -0.39 is 16.1 Å². The fourth-order valence-corrected chi connectivity index (χ4v) is 3.00. The molecule has 0 aliphatic heterocycles. The van der Waals surface area contributed by atoms with Gasteiger partial charge in [-0.2, -0.15) is 0 Å². The number of hydrogen-bond acceptors (Lipinski definition) is 5. The molecule has 8 heteroatoms. The Bertz CT molecular complexity index is 520. The molecule has 2 N–H and O–H groups in total. The number of hydrogen-bond donors (Lipinski definition) is 2. The summed E-state index contributed by atoms with van der Waals surface area (Å²) in [6.07, 6.45) is 0. The molecule has 0 radical (unpaired) electrons. The van der Waals surface area contributed by atoms with Gasteiger partial charge in [0.2, 0.25) is 10.0 Å². The highest BCUT2D eigenvalue weighted by molar-refractivity contribution is 7.89. The number of rotatable bonds is 7. The predicted octanol–water partition coefficient (Wildman–Crippen LogP) is 0.634. The second-order valence-corrected chi connectivity index (χ2v) is 5.87. The Morgan fingerprint density at radius 2 is 2.11 bits per heavy atom. The smallest absolute Gasteiger partial charge is 0.244 e. The minimum atomic E-state index is -3.83.